The molecule has 10 nitrogen and oxygen atoms in total. The third-order valence-corrected chi connectivity index (χ3v) is 5.39. The van der Waals surface area contributed by atoms with Crippen molar-refractivity contribution >= 4 is 23.6 Å². The average molecular weight is 445 g/mol. The summed E-state index contributed by atoms with van der Waals surface area (Å²) in [5.41, 5.74) is 5.72. The van der Waals surface area contributed by atoms with Crippen molar-refractivity contribution in [3.63, 3.8) is 0 Å². The summed E-state index contributed by atoms with van der Waals surface area (Å²) in [6.45, 7) is 1.86. The monoisotopic (exact) mass is 445 g/mol. The number of pyridine rings is 1. The topological polar surface area (TPSA) is 141 Å². The number of carbonyl (C=O) groups is 2. The summed E-state index contributed by atoms with van der Waals surface area (Å²) in [6.07, 6.45) is 5.29. The second kappa shape index (κ2) is 11.2. The van der Waals surface area contributed by atoms with Crippen LogP contribution in [-0.2, 0) is 11.3 Å². The molecule has 0 bridgehead atoms. The van der Waals surface area contributed by atoms with Crippen LogP contribution < -0.4 is 21.5 Å². The summed E-state index contributed by atoms with van der Waals surface area (Å²) in [4.78, 5) is 35.9. The third kappa shape index (κ3) is 6.76. The molecule has 1 aliphatic rings. The Morgan fingerprint density at radius 3 is 2.66 bits per heavy atom. The lowest BCUT2D eigenvalue weighted by atomic mass is 9.92. The molecule has 0 aliphatic heterocycles. The van der Waals surface area contributed by atoms with E-state index in [0.29, 0.717) is 23.9 Å². The van der Waals surface area contributed by atoms with E-state index in [1.54, 1.807) is 25.3 Å². The van der Waals surface area contributed by atoms with Gasteiger partial charge in [-0.1, -0.05) is 31.7 Å². The Balaban J connectivity index is 1.63. The summed E-state index contributed by atoms with van der Waals surface area (Å²) < 4.78 is 14.9. The molecule has 5 N–H and O–H groups in total. The van der Waals surface area contributed by atoms with E-state index in [4.69, 9.17) is 5.11 Å². The third-order valence-electron chi connectivity index (χ3n) is 5.39. The van der Waals surface area contributed by atoms with Gasteiger partial charge in [-0.2, -0.15) is 4.39 Å². The largest absolute Gasteiger partial charge is 0.465 e. The van der Waals surface area contributed by atoms with Crippen LogP contribution in [0.15, 0.2) is 24.4 Å². The van der Waals surface area contributed by atoms with Crippen LogP contribution in [0.4, 0.5) is 20.8 Å². The van der Waals surface area contributed by atoms with Gasteiger partial charge in [-0.15, -0.1) is 0 Å². The summed E-state index contributed by atoms with van der Waals surface area (Å²) in [7, 11) is 0. The number of aromatic nitrogens is 3. The fourth-order valence-electron chi connectivity index (χ4n) is 3.80. The van der Waals surface area contributed by atoms with E-state index in [0.717, 1.165) is 25.7 Å². The number of carboxylic acid groups (broad SMARTS) is 1. The van der Waals surface area contributed by atoms with Gasteiger partial charge in [0.15, 0.2) is 11.6 Å². The van der Waals surface area contributed by atoms with Gasteiger partial charge in [0, 0.05) is 12.7 Å². The second-order valence-electron chi connectivity index (χ2n) is 7.84. The molecule has 32 heavy (non-hydrogen) atoms. The zero-order valence-electron chi connectivity index (χ0n) is 17.9. The highest BCUT2D eigenvalue weighted by Crippen LogP contribution is 2.30. The number of hydrogen-bond donors (Lipinski definition) is 5. The van der Waals surface area contributed by atoms with Gasteiger partial charge in [0.05, 0.1) is 18.2 Å². The smallest absolute Gasteiger partial charge is 0.404 e. The Morgan fingerprint density at radius 2 is 1.97 bits per heavy atom. The van der Waals surface area contributed by atoms with Gasteiger partial charge in [-0.05, 0) is 31.4 Å². The van der Waals surface area contributed by atoms with Gasteiger partial charge >= 0.3 is 6.09 Å². The lowest BCUT2D eigenvalue weighted by molar-refractivity contribution is -0.124. The molecule has 0 unspecified atom stereocenters. The minimum absolute atomic E-state index is 0.0124. The predicted molar refractivity (Wildman–Crippen MR) is 116 cm³/mol. The van der Waals surface area contributed by atoms with Crippen LogP contribution in [0.25, 0.3) is 0 Å². The van der Waals surface area contributed by atoms with Crippen LogP contribution in [0.1, 0.15) is 43.6 Å². The van der Waals surface area contributed by atoms with Crippen molar-refractivity contribution in [2.75, 3.05) is 17.3 Å². The fraction of sp³-hybridized carbons (Fsp3) is 0.476. The Labute approximate surface area is 185 Å². The summed E-state index contributed by atoms with van der Waals surface area (Å²) >= 11 is 0. The van der Waals surface area contributed by atoms with Crippen molar-refractivity contribution in [1.29, 1.82) is 0 Å². The van der Waals surface area contributed by atoms with Gasteiger partial charge < -0.3 is 15.7 Å². The number of rotatable bonds is 10. The molecule has 1 saturated carbocycles. The highest BCUT2D eigenvalue weighted by molar-refractivity contribution is 5.80. The zero-order chi connectivity index (χ0) is 22.9. The predicted octanol–water partition coefficient (Wildman–Crippen LogP) is 2.84. The number of nitrogens with zero attached hydrogens (tertiary/aromatic N) is 3. The lowest BCUT2D eigenvalue weighted by Gasteiger charge is -2.20. The van der Waals surface area contributed by atoms with Crippen molar-refractivity contribution in [2.45, 2.75) is 45.6 Å². The molecule has 0 radical (unpaired) electrons. The van der Waals surface area contributed by atoms with Crippen LogP contribution in [0.2, 0.25) is 0 Å². The van der Waals surface area contributed by atoms with Crippen LogP contribution in [0.3, 0.4) is 0 Å². The van der Waals surface area contributed by atoms with Crippen LogP contribution in [0, 0.1) is 24.6 Å². The van der Waals surface area contributed by atoms with Gasteiger partial charge in [-0.25, -0.2) is 14.8 Å². The molecular formula is C21H28FN7O3. The molecule has 0 saturated heterocycles. The molecule has 2 aromatic rings. The minimum atomic E-state index is -1.19. The second-order valence-corrected chi connectivity index (χ2v) is 7.84. The molecule has 0 spiro atoms. The molecular weight excluding hydrogens is 417 g/mol. The Bertz CT molecular complexity index is 923. The van der Waals surface area contributed by atoms with Crippen molar-refractivity contribution in [2.24, 2.45) is 11.8 Å². The van der Waals surface area contributed by atoms with Crippen LogP contribution in [0.5, 0.6) is 0 Å². The Kier molecular flexibility index (Phi) is 8.12. The number of amides is 2. The van der Waals surface area contributed by atoms with E-state index in [1.807, 2.05) is 6.07 Å². The van der Waals surface area contributed by atoms with Gasteiger partial charge in [0.25, 0.3) is 0 Å². The SMILES string of the molecule is Cc1nc(NCc2ccccn2)c(F)c(NNC(=O)[C@@H](CNC(=O)O)CC2CCCC2)n1. The standard InChI is InChI=1S/C21H28FN7O3/c1-13-26-18(24-12-16-8-4-5-9-23-16)17(22)19(27-13)28-29-20(30)15(11-25-21(31)32)10-14-6-2-3-7-14/h4-5,8-9,14-15,25H,2-3,6-7,10-12H2,1H3,(H,29,30)(H,31,32)(H2,24,26,27,28)/t15-/m1/s1. The number of carbonyl (C=O) groups excluding carboxylic acids is 1. The van der Waals surface area contributed by atoms with E-state index in [1.165, 1.54) is 0 Å². The quantitative estimate of drug-likeness (QED) is 0.352. The molecule has 3 rings (SSSR count). The summed E-state index contributed by atoms with van der Waals surface area (Å²) in [5, 5.41) is 14.1. The van der Waals surface area contributed by atoms with Crippen molar-refractivity contribution in [1.82, 2.24) is 25.7 Å². The number of hydrazine groups is 1. The lowest BCUT2D eigenvalue weighted by Crippen LogP contribution is -2.42. The molecule has 0 aromatic carbocycles. The van der Waals surface area contributed by atoms with Crippen molar-refractivity contribution in [3.8, 4) is 0 Å². The molecule has 11 heteroatoms. The van der Waals surface area contributed by atoms with Crippen LogP contribution >= 0.6 is 0 Å². The maximum atomic E-state index is 14.9. The first-order valence-corrected chi connectivity index (χ1v) is 10.6. The highest BCUT2D eigenvalue weighted by Gasteiger charge is 2.26. The number of halogens is 1. The first kappa shape index (κ1) is 23.2. The summed E-state index contributed by atoms with van der Waals surface area (Å²) in [5.74, 6) is -1.26. The van der Waals surface area contributed by atoms with Crippen molar-refractivity contribution in [3.05, 3.63) is 41.7 Å². The van der Waals surface area contributed by atoms with E-state index in [9.17, 15) is 14.0 Å². The maximum Gasteiger partial charge on any atom is 0.404 e. The van der Waals surface area contributed by atoms with Crippen molar-refractivity contribution < 1.29 is 19.1 Å². The fourth-order valence-corrected chi connectivity index (χ4v) is 3.80. The average Bonchev–Trinajstić information content (AvgIpc) is 3.29. The number of anilines is 2. The normalized spacial score (nSPS) is 14.6. The van der Waals surface area contributed by atoms with E-state index < -0.39 is 23.7 Å². The van der Waals surface area contributed by atoms with E-state index >= 15 is 0 Å². The molecule has 172 valence electrons. The van der Waals surface area contributed by atoms with E-state index in [2.05, 4.69) is 36.4 Å². The van der Waals surface area contributed by atoms with Gasteiger partial charge in [0.1, 0.15) is 5.82 Å². The molecule has 1 aliphatic carbocycles. The first-order valence-electron chi connectivity index (χ1n) is 10.6. The number of nitrogens with one attached hydrogen (secondary N) is 4. The van der Waals surface area contributed by atoms with Gasteiger partial charge in [-0.3, -0.25) is 20.6 Å². The van der Waals surface area contributed by atoms with Gasteiger partial charge in [0.2, 0.25) is 11.7 Å². The first-order chi connectivity index (χ1) is 15.4. The molecule has 2 aromatic heterocycles. The van der Waals surface area contributed by atoms with Crippen LogP contribution in [-0.4, -0.2) is 38.6 Å². The number of hydrogen-bond acceptors (Lipinski definition) is 7. The number of aryl methyl sites for hydroxylation is 1. The Morgan fingerprint density at radius 1 is 1.22 bits per heavy atom. The molecule has 2 amide bonds. The zero-order valence-corrected chi connectivity index (χ0v) is 17.9. The Hall–Kier alpha value is -3.50. The minimum Gasteiger partial charge on any atom is -0.465 e. The molecule has 1 fully saturated rings. The molecule has 2 heterocycles. The van der Waals surface area contributed by atoms with E-state index in [-0.39, 0.29) is 24.7 Å². The highest BCUT2D eigenvalue weighted by atomic mass is 19.1. The summed E-state index contributed by atoms with van der Waals surface area (Å²) in [6, 6.07) is 5.42. The maximum absolute atomic E-state index is 14.9. The molecule has 1 atom stereocenters.